The Kier molecular flexibility index (Phi) is 5.06. The van der Waals surface area contributed by atoms with E-state index in [4.69, 9.17) is 5.26 Å². The van der Waals surface area contributed by atoms with Crippen molar-refractivity contribution in [3.8, 4) is 6.07 Å². The average molecular weight is 332 g/mol. The lowest BCUT2D eigenvalue weighted by molar-refractivity contribution is 0.584. The van der Waals surface area contributed by atoms with Gasteiger partial charge in [0, 0.05) is 18.8 Å². The molecule has 0 amide bonds. The highest BCUT2D eigenvalue weighted by molar-refractivity contribution is 7.92. The van der Waals surface area contributed by atoms with Crippen LogP contribution in [0.4, 0.5) is 5.69 Å². The van der Waals surface area contributed by atoms with Crippen molar-refractivity contribution in [3.63, 3.8) is 0 Å². The van der Waals surface area contributed by atoms with Crippen LogP contribution in [-0.2, 0) is 10.0 Å². The molecular formula is C16H20N4O2S. The van der Waals surface area contributed by atoms with Gasteiger partial charge in [-0.15, -0.1) is 0 Å². The highest BCUT2D eigenvalue weighted by Crippen LogP contribution is 2.24. The number of hydrogen-bond donors (Lipinski definition) is 0. The van der Waals surface area contributed by atoms with Crippen LogP contribution in [-0.4, -0.2) is 24.5 Å². The highest BCUT2D eigenvalue weighted by atomic mass is 32.2. The Bertz CT molecular complexity index is 801. The van der Waals surface area contributed by atoms with Crippen molar-refractivity contribution < 1.29 is 8.42 Å². The van der Waals surface area contributed by atoms with Crippen LogP contribution in [0.3, 0.4) is 0 Å². The van der Waals surface area contributed by atoms with Crippen LogP contribution in [0.25, 0.3) is 0 Å². The molecule has 0 bridgehead atoms. The lowest BCUT2D eigenvalue weighted by Crippen LogP contribution is -2.32. The van der Waals surface area contributed by atoms with Gasteiger partial charge in [0.2, 0.25) is 0 Å². The van der Waals surface area contributed by atoms with E-state index in [0.29, 0.717) is 5.69 Å². The van der Waals surface area contributed by atoms with Gasteiger partial charge in [-0.05, 0) is 32.9 Å². The second-order valence-corrected chi connectivity index (χ2v) is 7.38. The fourth-order valence-electron chi connectivity index (χ4n) is 2.10. The third-order valence-electron chi connectivity index (χ3n) is 3.48. The van der Waals surface area contributed by atoms with Crippen molar-refractivity contribution in [2.24, 2.45) is 0 Å². The number of aryl methyl sites for hydroxylation is 1. The number of sulfonamides is 1. The molecule has 0 unspecified atom stereocenters. The minimum atomic E-state index is -3.80. The first-order chi connectivity index (χ1) is 10.9. The Morgan fingerprint density at radius 2 is 1.96 bits per heavy atom. The lowest BCUT2D eigenvalue weighted by Gasteiger charge is -2.22. The Morgan fingerprint density at radius 1 is 1.30 bits per heavy atom. The monoisotopic (exact) mass is 332 g/mol. The predicted molar refractivity (Wildman–Crippen MR) is 88.6 cm³/mol. The summed E-state index contributed by atoms with van der Waals surface area (Å²) in [5, 5.41) is 8.82. The first-order valence-corrected chi connectivity index (χ1v) is 8.80. The largest absolute Gasteiger partial charge is 0.334 e. The zero-order valence-electron chi connectivity index (χ0n) is 13.5. The molecule has 0 aliphatic carbocycles. The Morgan fingerprint density at radius 3 is 2.48 bits per heavy atom. The van der Waals surface area contributed by atoms with Crippen molar-refractivity contribution >= 4 is 15.7 Å². The Balaban J connectivity index is 2.44. The number of imidazole rings is 1. The molecule has 0 saturated carbocycles. The van der Waals surface area contributed by atoms with Gasteiger partial charge in [-0.1, -0.05) is 17.7 Å². The molecule has 1 heterocycles. The van der Waals surface area contributed by atoms with E-state index in [2.05, 4.69) is 4.98 Å². The van der Waals surface area contributed by atoms with Crippen LogP contribution in [0.15, 0.2) is 41.8 Å². The number of benzene rings is 1. The summed E-state index contributed by atoms with van der Waals surface area (Å²) in [4.78, 5) is 4.03. The summed E-state index contributed by atoms with van der Waals surface area (Å²) in [6.07, 6.45) is 3.14. The van der Waals surface area contributed by atoms with Crippen molar-refractivity contribution in [3.05, 3.63) is 42.4 Å². The first-order valence-electron chi connectivity index (χ1n) is 7.36. The maximum absolute atomic E-state index is 12.9. The molecule has 0 aliphatic rings. The van der Waals surface area contributed by atoms with Crippen LogP contribution >= 0.6 is 0 Å². The SMILES string of the molecule is Cc1ccc(N(CCC#N)S(=O)(=O)c2cn(C(C)C)cn2)cc1. The molecule has 0 atom stereocenters. The second-order valence-electron chi connectivity index (χ2n) is 5.57. The van der Waals surface area contributed by atoms with E-state index in [1.807, 2.05) is 39.0 Å². The molecule has 0 radical (unpaired) electrons. The summed E-state index contributed by atoms with van der Waals surface area (Å²) in [6, 6.07) is 9.29. The molecular weight excluding hydrogens is 312 g/mol. The minimum absolute atomic E-state index is 0.00952. The number of nitrogens with zero attached hydrogens (tertiary/aromatic N) is 4. The van der Waals surface area contributed by atoms with Crippen LogP contribution in [0.1, 0.15) is 31.9 Å². The van der Waals surface area contributed by atoms with E-state index in [0.717, 1.165) is 5.56 Å². The molecule has 0 saturated heterocycles. The quantitative estimate of drug-likeness (QED) is 0.815. The van der Waals surface area contributed by atoms with Crippen molar-refractivity contribution in [1.29, 1.82) is 5.26 Å². The van der Waals surface area contributed by atoms with Gasteiger partial charge in [0.25, 0.3) is 10.0 Å². The number of anilines is 1. The summed E-state index contributed by atoms with van der Waals surface area (Å²) >= 11 is 0. The molecule has 1 aromatic heterocycles. The number of rotatable bonds is 6. The predicted octanol–water partition coefficient (Wildman–Crippen LogP) is 2.88. The summed E-state index contributed by atoms with van der Waals surface area (Å²) in [5.74, 6) is 0. The van der Waals surface area contributed by atoms with Crippen molar-refractivity contribution in [2.75, 3.05) is 10.8 Å². The van der Waals surface area contributed by atoms with Crippen molar-refractivity contribution in [2.45, 2.75) is 38.3 Å². The van der Waals surface area contributed by atoms with Gasteiger partial charge in [-0.2, -0.15) is 13.7 Å². The highest BCUT2D eigenvalue weighted by Gasteiger charge is 2.27. The van der Waals surface area contributed by atoms with E-state index < -0.39 is 10.0 Å². The van der Waals surface area contributed by atoms with Gasteiger partial charge < -0.3 is 4.57 Å². The molecule has 1 aromatic carbocycles. The number of hydrogen-bond acceptors (Lipinski definition) is 4. The van der Waals surface area contributed by atoms with E-state index in [1.54, 1.807) is 16.7 Å². The standard InChI is InChI=1S/C16H20N4O2S/c1-13(2)19-11-16(18-12-19)23(21,22)20(10-4-9-17)15-7-5-14(3)6-8-15/h5-8,11-13H,4,10H2,1-3H3. The van der Waals surface area contributed by atoms with Gasteiger partial charge in [-0.3, -0.25) is 4.31 Å². The zero-order chi connectivity index (χ0) is 17.0. The topological polar surface area (TPSA) is 79.0 Å². The molecule has 6 nitrogen and oxygen atoms in total. The van der Waals surface area contributed by atoms with Crippen LogP contribution in [0.2, 0.25) is 0 Å². The molecule has 0 spiro atoms. The smallest absolute Gasteiger partial charge is 0.283 e. The molecule has 2 rings (SSSR count). The van der Waals surface area contributed by atoms with E-state index >= 15 is 0 Å². The van der Waals surface area contributed by atoms with E-state index in [-0.39, 0.29) is 24.0 Å². The molecule has 0 N–H and O–H groups in total. The third-order valence-corrected chi connectivity index (χ3v) is 5.19. The normalized spacial score (nSPS) is 11.4. The first kappa shape index (κ1) is 17.0. The summed E-state index contributed by atoms with van der Waals surface area (Å²) in [6.45, 7) is 5.93. The molecule has 2 aromatic rings. The van der Waals surface area contributed by atoms with E-state index in [9.17, 15) is 8.42 Å². The maximum Gasteiger partial charge on any atom is 0.283 e. The molecule has 7 heteroatoms. The molecule has 23 heavy (non-hydrogen) atoms. The Labute approximate surface area is 137 Å². The average Bonchev–Trinajstić information content (AvgIpc) is 3.00. The second kappa shape index (κ2) is 6.84. The summed E-state index contributed by atoms with van der Waals surface area (Å²) in [7, 11) is -3.80. The van der Waals surface area contributed by atoms with Crippen LogP contribution in [0, 0.1) is 18.3 Å². The number of nitriles is 1. The van der Waals surface area contributed by atoms with Gasteiger partial charge in [0.05, 0.1) is 24.5 Å². The van der Waals surface area contributed by atoms with Gasteiger partial charge in [0.1, 0.15) is 0 Å². The minimum Gasteiger partial charge on any atom is -0.334 e. The fraction of sp³-hybridized carbons (Fsp3) is 0.375. The van der Waals surface area contributed by atoms with Crippen molar-refractivity contribution in [1.82, 2.24) is 9.55 Å². The van der Waals surface area contributed by atoms with Crippen LogP contribution < -0.4 is 4.31 Å². The summed E-state index contributed by atoms with van der Waals surface area (Å²) in [5.41, 5.74) is 1.57. The van der Waals surface area contributed by atoms with Crippen LogP contribution in [0.5, 0.6) is 0 Å². The third kappa shape index (κ3) is 3.71. The van der Waals surface area contributed by atoms with Gasteiger partial charge >= 0.3 is 0 Å². The van der Waals surface area contributed by atoms with Gasteiger partial charge in [-0.25, -0.2) is 4.98 Å². The maximum atomic E-state index is 12.9. The Hall–Kier alpha value is -2.33. The molecule has 0 fully saturated rings. The lowest BCUT2D eigenvalue weighted by atomic mass is 10.2. The van der Waals surface area contributed by atoms with E-state index in [1.165, 1.54) is 16.8 Å². The molecule has 122 valence electrons. The number of aromatic nitrogens is 2. The van der Waals surface area contributed by atoms with Gasteiger partial charge in [0.15, 0.2) is 5.03 Å². The summed E-state index contributed by atoms with van der Waals surface area (Å²) < 4.78 is 28.8. The fourth-order valence-corrected chi connectivity index (χ4v) is 3.49. The zero-order valence-corrected chi connectivity index (χ0v) is 14.3. The molecule has 0 aliphatic heterocycles.